The third-order valence-electron chi connectivity index (χ3n) is 2.91. The number of carbonyl (C=O) groups excluding carboxylic acids is 1. The number of nitrogens with zero attached hydrogens (tertiary/aromatic N) is 1. The minimum atomic E-state index is -0.185. The smallest absolute Gasteiger partial charge is 0.204 e. The summed E-state index contributed by atoms with van der Waals surface area (Å²) in [6.07, 6.45) is 3.12. The van der Waals surface area contributed by atoms with E-state index < -0.39 is 0 Å². The molecule has 110 valence electrons. The molecule has 5 nitrogen and oxygen atoms in total. The number of hydrogen-bond acceptors (Lipinski definition) is 5. The van der Waals surface area contributed by atoms with Crippen LogP contribution in [0.3, 0.4) is 0 Å². The van der Waals surface area contributed by atoms with Crippen molar-refractivity contribution in [2.24, 2.45) is 4.99 Å². The Hall–Kier alpha value is -2.11. The van der Waals surface area contributed by atoms with Gasteiger partial charge in [-0.1, -0.05) is 11.6 Å². The molecule has 3 N–H and O–H groups in total. The van der Waals surface area contributed by atoms with Gasteiger partial charge in [-0.3, -0.25) is 9.79 Å². The number of nitrogens with one attached hydrogen (secondary N) is 1. The molecule has 0 spiro atoms. The maximum absolute atomic E-state index is 11.8. The van der Waals surface area contributed by atoms with Gasteiger partial charge in [-0.15, -0.1) is 0 Å². The molecule has 0 saturated carbocycles. The van der Waals surface area contributed by atoms with E-state index in [-0.39, 0.29) is 29.7 Å². The molecule has 1 aliphatic carbocycles. The second-order valence-electron chi connectivity index (χ2n) is 4.53. The minimum Gasteiger partial charge on any atom is -0.506 e. The molecule has 0 bridgehead atoms. The Bertz CT molecular complexity index is 663. The van der Waals surface area contributed by atoms with Crippen LogP contribution < -0.4 is 5.32 Å². The van der Waals surface area contributed by atoms with Crippen LogP contribution in [0.4, 0.5) is 5.69 Å². The van der Waals surface area contributed by atoms with Crippen molar-refractivity contribution in [1.82, 2.24) is 0 Å². The molecule has 2 rings (SSSR count). The van der Waals surface area contributed by atoms with Crippen LogP contribution in [-0.4, -0.2) is 34.9 Å². The molecule has 0 atom stereocenters. The molecule has 0 amide bonds. The molecular weight excluding hydrogens is 292 g/mol. The average Bonchev–Trinajstić information content (AvgIpc) is 2.44. The molecule has 1 aromatic rings. The number of ketones is 1. The second kappa shape index (κ2) is 6.56. The number of anilines is 1. The number of phenols is 1. The molecule has 0 saturated heterocycles. The average molecular weight is 307 g/mol. The van der Waals surface area contributed by atoms with Gasteiger partial charge in [-0.2, -0.15) is 0 Å². The van der Waals surface area contributed by atoms with Gasteiger partial charge in [0.05, 0.1) is 18.2 Å². The number of benzene rings is 1. The molecule has 6 heteroatoms. The van der Waals surface area contributed by atoms with Crippen LogP contribution in [0.5, 0.6) is 5.75 Å². The maximum atomic E-state index is 11.8. The Balaban J connectivity index is 2.26. The summed E-state index contributed by atoms with van der Waals surface area (Å²) in [4.78, 5) is 15.8. The van der Waals surface area contributed by atoms with Crippen LogP contribution >= 0.6 is 11.6 Å². The SMILES string of the molecule is CC1=CC(=O)C(=NCCO)C=C1Nc1ccc(O)c(Cl)c1. The normalized spacial score (nSPS) is 16.7. The van der Waals surface area contributed by atoms with E-state index in [2.05, 4.69) is 10.3 Å². The molecule has 1 aliphatic rings. The molecular formula is C15H15ClN2O3. The van der Waals surface area contributed by atoms with E-state index in [4.69, 9.17) is 16.7 Å². The number of aliphatic imine (C=N–C) groups is 1. The van der Waals surface area contributed by atoms with Crippen molar-refractivity contribution < 1.29 is 15.0 Å². The number of halogens is 1. The first-order chi connectivity index (χ1) is 10.0. The standard InChI is InChI=1S/C15H15ClN2O3/c1-9-6-15(21)13(17-4-5-19)8-12(9)18-10-2-3-14(20)11(16)7-10/h2-3,6-8,18-20H,4-5H2,1H3. The summed E-state index contributed by atoms with van der Waals surface area (Å²) in [7, 11) is 0. The lowest BCUT2D eigenvalue weighted by Gasteiger charge is -2.16. The van der Waals surface area contributed by atoms with Gasteiger partial charge in [0.15, 0.2) is 0 Å². The lowest BCUT2D eigenvalue weighted by atomic mass is 10.0. The van der Waals surface area contributed by atoms with Crippen LogP contribution in [0.1, 0.15) is 6.92 Å². The Morgan fingerprint density at radius 2 is 2.10 bits per heavy atom. The molecule has 0 aromatic heterocycles. The highest BCUT2D eigenvalue weighted by Crippen LogP contribution is 2.28. The quantitative estimate of drug-likeness (QED) is 0.589. The number of rotatable bonds is 4. The van der Waals surface area contributed by atoms with Crippen molar-refractivity contribution in [3.05, 3.63) is 46.6 Å². The lowest BCUT2D eigenvalue weighted by molar-refractivity contribution is -0.108. The first-order valence-electron chi connectivity index (χ1n) is 6.37. The number of aromatic hydroxyl groups is 1. The number of aliphatic hydroxyl groups is 1. The summed E-state index contributed by atoms with van der Waals surface area (Å²) >= 11 is 5.86. The van der Waals surface area contributed by atoms with Crippen LogP contribution in [0.15, 0.2) is 46.6 Å². The predicted molar refractivity (Wildman–Crippen MR) is 83.0 cm³/mol. The monoisotopic (exact) mass is 306 g/mol. The minimum absolute atomic E-state index is 0.00693. The van der Waals surface area contributed by atoms with E-state index >= 15 is 0 Å². The van der Waals surface area contributed by atoms with Gasteiger partial charge in [0.2, 0.25) is 5.78 Å². The fourth-order valence-corrected chi connectivity index (χ4v) is 2.02. The Morgan fingerprint density at radius 3 is 2.76 bits per heavy atom. The zero-order valence-electron chi connectivity index (χ0n) is 11.4. The van der Waals surface area contributed by atoms with E-state index in [1.54, 1.807) is 18.2 Å². The third-order valence-corrected chi connectivity index (χ3v) is 3.22. The van der Waals surface area contributed by atoms with Crippen molar-refractivity contribution in [3.63, 3.8) is 0 Å². The highest BCUT2D eigenvalue weighted by Gasteiger charge is 2.16. The number of phenolic OH excluding ortho intramolecular Hbond substituents is 1. The number of hydrogen-bond donors (Lipinski definition) is 3. The van der Waals surface area contributed by atoms with Crippen LogP contribution in [0, 0.1) is 0 Å². The van der Waals surface area contributed by atoms with Crippen molar-refractivity contribution in [2.75, 3.05) is 18.5 Å². The highest BCUT2D eigenvalue weighted by atomic mass is 35.5. The van der Waals surface area contributed by atoms with Crippen molar-refractivity contribution in [2.45, 2.75) is 6.92 Å². The summed E-state index contributed by atoms with van der Waals surface area (Å²) in [5.74, 6) is -0.178. The summed E-state index contributed by atoms with van der Waals surface area (Å²) < 4.78 is 0. The van der Waals surface area contributed by atoms with Gasteiger partial charge in [0.25, 0.3) is 0 Å². The first kappa shape index (κ1) is 15.3. The maximum Gasteiger partial charge on any atom is 0.204 e. The number of allylic oxidation sites excluding steroid dienone is 3. The van der Waals surface area contributed by atoms with Crippen LogP contribution in [0.25, 0.3) is 0 Å². The van der Waals surface area contributed by atoms with Gasteiger partial charge >= 0.3 is 0 Å². The second-order valence-corrected chi connectivity index (χ2v) is 4.94. The molecule has 0 unspecified atom stereocenters. The molecule has 0 heterocycles. The first-order valence-corrected chi connectivity index (χ1v) is 6.74. The van der Waals surface area contributed by atoms with Gasteiger partial charge in [-0.25, -0.2) is 0 Å². The van der Waals surface area contributed by atoms with Crippen molar-refractivity contribution in [1.29, 1.82) is 0 Å². The zero-order valence-corrected chi connectivity index (χ0v) is 12.2. The largest absolute Gasteiger partial charge is 0.506 e. The van der Waals surface area contributed by atoms with Crippen molar-refractivity contribution in [3.8, 4) is 5.75 Å². The number of carbonyl (C=O) groups is 1. The molecule has 0 radical (unpaired) electrons. The van der Waals surface area contributed by atoms with E-state index in [9.17, 15) is 9.90 Å². The Morgan fingerprint density at radius 1 is 1.33 bits per heavy atom. The summed E-state index contributed by atoms with van der Waals surface area (Å²) in [5, 5.41) is 21.6. The summed E-state index contributed by atoms with van der Waals surface area (Å²) in [6, 6.07) is 4.75. The van der Waals surface area contributed by atoms with Crippen LogP contribution in [0.2, 0.25) is 5.02 Å². The Labute approximate surface area is 127 Å². The number of aliphatic hydroxyl groups excluding tert-OH is 1. The van der Waals surface area contributed by atoms with Gasteiger partial charge in [0.1, 0.15) is 11.5 Å². The van der Waals surface area contributed by atoms with Gasteiger partial charge < -0.3 is 15.5 Å². The lowest BCUT2D eigenvalue weighted by Crippen LogP contribution is -2.18. The molecule has 0 fully saturated rings. The molecule has 1 aromatic carbocycles. The van der Waals surface area contributed by atoms with E-state index in [1.807, 2.05) is 6.92 Å². The fourth-order valence-electron chi connectivity index (χ4n) is 1.84. The summed E-state index contributed by atoms with van der Waals surface area (Å²) in [6.45, 7) is 1.88. The van der Waals surface area contributed by atoms with Gasteiger partial charge in [0, 0.05) is 11.4 Å². The predicted octanol–water partition coefficient (Wildman–Crippen LogP) is 2.30. The summed E-state index contributed by atoms with van der Waals surface area (Å²) in [5.41, 5.74) is 2.47. The van der Waals surface area contributed by atoms with E-state index in [0.29, 0.717) is 17.1 Å². The third kappa shape index (κ3) is 3.71. The topological polar surface area (TPSA) is 81.9 Å². The van der Waals surface area contributed by atoms with Gasteiger partial charge in [-0.05, 0) is 42.8 Å². The van der Waals surface area contributed by atoms with E-state index in [0.717, 1.165) is 5.57 Å². The van der Waals surface area contributed by atoms with Crippen LogP contribution in [-0.2, 0) is 4.79 Å². The highest BCUT2D eigenvalue weighted by molar-refractivity contribution is 6.49. The van der Waals surface area contributed by atoms with Crippen molar-refractivity contribution >= 4 is 28.8 Å². The zero-order chi connectivity index (χ0) is 15.4. The molecule has 21 heavy (non-hydrogen) atoms. The fraction of sp³-hybridized carbons (Fsp3) is 0.200. The van der Waals surface area contributed by atoms with E-state index in [1.165, 1.54) is 12.1 Å². The molecule has 0 aliphatic heterocycles. The Kier molecular flexibility index (Phi) is 4.77.